The van der Waals surface area contributed by atoms with Gasteiger partial charge in [-0.2, -0.15) is 10.2 Å². The molecule has 0 unspecified atom stereocenters. The van der Waals surface area contributed by atoms with E-state index in [9.17, 15) is 4.79 Å². The maximum absolute atomic E-state index is 12.8. The molecule has 114 valence electrons. The first-order chi connectivity index (χ1) is 9.93. The topological polar surface area (TPSA) is 65.2 Å². The van der Waals surface area contributed by atoms with Gasteiger partial charge in [0.15, 0.2) is 11.4 Å². The van der Waals surface area contributed by atoms with Crippen LogP contribution in [-0.4, -0.2) is 58.0 Å². The fourth-order valence-corrected chi connectivity index (χ4v) is 2.16. The Morgan fingerprint density at radius 3 is 2.67 bits per heavy atom. The highest BCUT2D eigenvalue weighted by Gasteiger charge is 2.23. The molecule has 2 heterocycles. The highest BCUT2D eigenvalue weighted by Crippen LogP contribution is 2.22. The summed E-state index contributed by atoms with van der Waals surface area (Å²) in [5, 5.41) is 8.48. The number of carbonyl (C=O) groups is 1. The van der Waals surface area contributed by atoms with Crippen molar-refractivity contribution >= 4 is 5.78 Å². The minimum absolute atomic E-state index is 0.117. The molecule has 0 aliphatic heterocycles. The van der Waals surface area contributed by atoms with E-state index in [0.717, 1.165) is 6.54 Å². The molecule has 0 bridgehead atoms. The van der Waals surface area contributed by atoms with Crippen molar-refractivity contribution in [2.45, 2.75) is 13.5 Å². The normalized spacial score (nSPS) is 11.1. The average molecular weight is 291 g/mol. The molecule has 0 aromatic carbocycles. The van der Waals surface area contributed by atoms with Crippen molar-refractivity contribution in [3.63, 3.8) is 0 Å². The number of ketones is 1. The molecule has 0 fully saturated rings. The van der Waals surface area contributed by atoms with Gasteiger partial charge in [0.2, 0.25) is 5.78 Å². The number of nitrogens with zero attached hydrogens (tertiary/aromatic N) is 5. The highest BCUT2D eigenvalue weighted by molar-refractivity contribution is 6.10. The van der Waals surface area contributed by atoms with Gasteiger partial charge in [-0.3, -0.25) is 14.2 Å². The first kappa shape index (κ1) is 15.2. The molecule has 0 amide bonds. The number of aryl methyl sites for hydroxylation is 2. The Balaban J connectivity index is 2.39. The van der Waals surface area contributed by atoms with Crippen molar-refractivity contribution in [3.8, 4) is 5.75 Å². The molecule has 7 nitrogen and oxygen atoms in total. The Morgan fingerprint density at radius 1 is 1.43 bits per heavy atom. The lowest BCUT2D eigenvalue weighted by molar-refractivity contribution is 0.102. The number of ether oxygens (including phenoxy) is 1. The van der Waals surface area contributed by atoms with Crippen molar-refractivity contribution < 1.29 is 9.53 Å². The molecule has 0 atom stereocenters. The van der Waals surface area contributed by atoms with Crippen LogP contribution >= 0.6 is 0 Å². The van der Waals surface area contributed by atoms with Crippen LogP contribution < -0.4 is 4.74 Å². The van der Waals surface area contributed by atoms with E-state index in [1.165, 1.54) is 0 Å². The number of carbonyl (C=O) groups excluding carboxylic acids is 1. The number of rotatable bonds is 6. The Morgan fingerprint density at radius 2 is 2.14 bits per heavy atom. The van der Waals surface area contributed by atoms with Crippen LogP contribution in [0.5, 0.6) is 5.75 Å². The fourth-order valence-electron chi connectivity index (χ4n) is 2.16. The Bertz CT molecular complexity index is 642. The zero-order valence-electron chi connectivity index (χ0n) is 13.1. The summed E-state index contributed by atoms with van der Waals surface area (Å²) in [6.07, 6.45) is 3.30. The largest absolute Gasteiger partial charge is 0.493 e. The third kappa shape index (κ3) is 3.13. The maximum atomic E-state index is 12.8. The van der Waals surface area contributed by atoms with E-state index in [1.807, 2.05) is 25.9 Å². The van der Waals surface area contributed by atoms with Crippen LogP contribution in [0, 0.1) is 6.92 Å². The summed E-state index contributed by atoms with van der Waals surface area (Å²) >= 11 is 0. The van der Waals surface area contributed by atoms with E-state index in [1.54, 1.807) is 35.9 Å². The molecule has 0 N–H and O–H groups in total. The molecule has 2 rings (SSSR count). The van der Waals surface area contributed by atoms with Crippen LogP contribution in [0.25, 0.3) is 0 Å². The van der Waals surface area contributed by atoms with Crippen LogP contribution in [0.3, 0.4) is 0 Å². The molecule has 0 saturated carbocycles. The summed E-state index contributed by atoms with van der Waals surface area (Å²) in [5.41, 5.74) is 1.74. The monoisotopic (exact) mass is 291 g/mol. The van der Waals surface area contributed by atoms with Crippen LogP contribution in [0.1, 0.15) is 21.7 Å². The molecule has 0 aliphatic carbocycles. The first-order valence-electron chi connectivity index (χ1n) is 6.73. The van der Waals surface area contributed by atoms with Crippen molar-refractivity contribution in [2.24, 2.45) is 7.05 Å². The van der Waals surface area contributed by atoms with Crippen LogP contribution in [0.4, 0.5) is 0 Å². The van der Waals surface area contributed by atoms with Gasteiger partial charge >= 0.3 is 0 Å². The summed E-state index contributed by atoms with van der Waals surface area (Å²) in [6, 6.07) is 0. The number of hydrogen-bond donors (Lipinski definition) is 0. The van der Waals surface area contributed by atoms with Crippen LogP contribution in [0.15, 0.2) is 12.4 Å². The zero-order chi connectivity index (χ0) is 15.6. The van der Waals surface area contributed by atoms with Crippen molar-refractivity contribution in [3.05, 3.63) is 29.3 Å². The van der Waals surface area contributed by atoms with Gasteiger partial charge in [0.25, 0.3) is 0 Å². The first-order valence-corrected chi connectivity index (χ1v) is 6.73. The minimum Gasteiger partial charge on any atom is -0.493 e. The Hall–Kier alpha value is -2.15. The van der Waals surface area contributed by atoms with E-state index in [4.69, 9.17) is 4.74 Å². The Kier molecular flexibility index (Phi) is 4.42. The van der Waals surface area contributed by atoms with E-state index in [-0.39, 0.29) is 5.78 Å². The summed E-state index contributed by atoms with van der Waals surface area (Å²) in [5.74, 6) is 0.371. The summed E-state index contributed by atoms with van der Waals surface area (Å²) in [7, 11) is 7.30. The third-order valence-electron chi connectivity index (χ3n) is 3.26. The SMILES string of the molecule is COc1cnn(CCN(C)C)c1C(=O)c1cn(C)nc1C. The molecule has 0 spiro atoms. The van der Waals surface area contributed by atoms with Crippen molar-refractivity contribution in [1.82, 2.24) is 24.5 Å². The second kappa shape index (κ2) is 6.09. The van der Waals surface area contributed by atoms with Gasteiger partial charge in [-0.25, -0.2) is 0 Å². The average Bonchev–Trinajstić information content (AvgIpc) is 2.98. The quantitative estimate of drug-likeness (QED) is 0.734. The lowest BCUT2D eigenvalue weighted by Crippen LogP contribution is -2.22. The van der Waals surface area contributed by atoms with Crippen molar-refractivity contribution in [2.75, 3.05) is 27.7 Å². The summed E-state index contributed by atoms with van der Waals surface area (Å²) < 4.78 is 8.60. The Labute approximate surface area is 124 Å². The molecule has 2 aromatic rings. The molecule has 2 aromatic heterocycles. The molecular formula is C14H21N5O2. The van der Waals surface area contributed by atoms with Crippen molar-refractivity contribution in [1.29, 1.82) is 0 Å². The standard InChI is InChI=1S/C14H21N5O2/c1-10-11(9-18(4)16-10)14(20)13-12(21-5)8-15-19(13)7-6-17(2)3/h8-9H,6-7H2,1-5H3. The highest BCUT2D eigenvalue weighted by atomic mass is 16.5. The van der Waals surface area contributed by atoms with Crippen LogP contribution in [0.2, 0.25) is 0 Å². The molecule has 21 heavy (non-hydrogen) atoms. The second-order valence-corrected chi connectivity index (χ2v) is 5.22. The molecule has 0 saturated heterocycles. The van der Waals surface area contributed by atoms with E-state index in [2.05, 4.69) is 10.2 Å². The second-order valence-electron chi connectivity index (χ2n) is 5.22. The number of aromatic nitrogens is 4. The minimum atomic E-state index is -0.117. The number of hydrogen-bond acceptors (Lipinski definition) is 5. The van der Waals surface area contributed by atoms with Gasteiger partial charge in [-0.05, 0) is 21.0 Å². The maximum Gasteiger partial charge on any atom is 0.218 e. The van der Waals surface area contributed by atoms with Gasteiger partial charge in [0.05, 0.1) is 31.1 Å². The van der Waals surface area contributed by atoms with Gasteiger partial charge in [0.1, 0.15) is 0 Å². The number of methoxy groups -OCH3 is 1. The third-order valence-corrected chi connectivity index (χ3v) is 3.26. The van der Waals surface area contributed by atoms with E-state index < -0.39 is 0 Å². The van der Waals surface area contributed by atoms with Gasteiger partial charge in [-0.1, -0.05) is 0 Å². The lowest BCUT2D eigenvalue weighted by Gasteiger charge is -2.12. The molecule has 7 heteroatoms. The predicted octanol–water partition coefficient (Wildman–Crippen LogP) is 0.726. The zero-order valence-corrected chi connectivity index (χ0v) is 13.1. The summed E-state index contributed by atoms with van der Waals surface area (Å²) in [6.45, 7) is 3.23. The van der Waals surface area contributed by atoms with Gasteiger partial charge in [-0.15, -0.1) is 0 Å². The van der Waals surface area contributed by atoms with E-state index >= 15 is 0 Å². The smallest absolute Gasteiger partial charge is 0.218 e. The summed E-state index contributed by atoms with van der Waals surface area (Å²) in [4.78, 5) is 14.8. The predicted molar refractivity (Wildman–Crippen MR) is 78.7 cm³/mol. The fraction of sp³-hybridized carbons (Fsp3) is 0.500. The lowest BCUT2D eigenvalue weighted by atomic mass is 10.1. The van der Waals surface area contributed by atoms with E-state index in [0.29, 0.717) is 29.2 Å². The molecule has 0 aliphatic rings. The number of likely N-dealkylation sites (N-methyl/N-ethyl adjacent to an activating group) is 1. The van der Waals surface area contributed by atoms with Gasteiger partial charge in [0, 0.05) is 19.8 Å². The van der Waals surface area contributed by atoms with Crippen LogP contribution in [-0.2, 0) is 13.6 Å². The molecule has 0 radical (unpaired) electrons. The molecular weight excluding hydrogens is 270 g/mol. The van der Waals surface area contributed by atoms with Gasteiger partial charge < -0.3 is 9.64 Å².